The molecule has 0 spiro atoms. The predicted molar refractivity (Wildman–Crippen MR) is 104 cm³/mol. The third-order valence-electron chi connectivity index (χ3n) is 4.28. The van der Waals surface area contributed by atoms with Crippen molar-refractivity contribution in [3.05, 3.63) is 77.2 Å². The van der Waals surface area contributed by atoms with Crippen molar-refractivity contribution in [1.29, 1.82) is 0 Å². The maximum atomic E-state index is 13.7. The van der Waals surface area contributed by atoms with Gasteiger partial charge in [-0.1, -0.05) is 43.3 Å². The monoisotopic (exact) mass is 350 g/mol. The summed E-state index contributed by atoms with van der Waals surface area (Å²) in [6.07, 6.45) is 3.24. The molecule has 1 aromatic heterocycles. The van der Waals surface area contributed by atoms with Gasteiger partial charge < -0.3 is 10.6 Å². The number of hydrogen-bond acceptors (Lipinski definition) is 4. The van der Waals surface area contributed by atoms with Crippen LogP contribution in [0.1, 0.15) is 23.6 Å². The summed E-state index contributed by atoms with van der Waals surface area (Å²) in [6, 6.07) is 14.9. The van der Waals surface area contributed by atoms with E-state index in [2.05, 4.69) is 52.6 Å². The van der Waals surface area contributed by atoms with Gasteiger partial charge in [0.05, 0.1) is 0 Å². The summed E-state index contributed by atoms with van der Waals surface area (Å²) in [6.45, 7) is 4.78. The molecule has 26 heavy (non-hydrogen) atoms. The van der Waals surface area contributed by atoms with Crippen LogP contribution in [0.3, 0.4) is 0 Å². The van der Waals surface area contributed by atoms with Crippen LogP contribution in [0.4, 0.5) is 21.8 Å². The summed E-state index contributed by atoms with van der Waals surface area (Å²) >= 11 is 0. The minimum absolute atomic E-state index is 0.183. The van der Waals surface area contributed by atoms with E-state index in [0.29, 0.717) is 24.5 Å². The number of aromatic nitrogens is 2. The second-order valence-electron chi connectivity index (χ2n) is 6.12. The van der Waals surface area contributed by atoms with Crippen LogP contribution in [0.15, 0.2) is 54.7 Å². The number of rotatable bonds is 7. The lowest BCUT2D eigenvalue weighted by Crippen LogP contribution is -2.09. The van der Waals surface area contributed by atoms with Gasteiger partial charge in [0.2, 0.25) is 5.95 Å². The van der Waals surface area contributed by atoms with Crippen LogP contribution >= 0.6 is 0 Å². The highest BCUT2D eigenvalue weighted by molar-refractivity contribution is 5.65. The molecule has 1 heterocycles. The highest BCUT2D eigenvalue weighted by Crippen LogP contribution is 2.24. The Morgan fingerprint density at radius 3 is 2.62 bits per heavy atom. The summed E-state index contributed by atoms with van der Waals surface area (Å²) < 4.78 is 13.7. The Bertz CT molecular complexity index is 879. The molecule has 0 radical (unpaired) electrons. The first kappa shape index (κ1) is 17.9. The average Bonchev–Trinajstić information content (AvgIpc) is 2.65. The van der Waals surface area contributed by atoms with Crippen LogP contribution in [-0.4, -0.2) is 16.5 Å². The SMILES string of the molecule is CCc1cccc(C)c1Nc1ccnc(NCCc2ccccc2F)n1. The lowest BCUT2D eigenvalue weighted by Gasteiger charge is -2.14. The zero-order valence-electron chi connectivity index (χ0n) is 15.1. The third-order valence-corrected chi connectivity index (χ3v) is 4.28. The minimum atomic E-state index is -0.183. The first-order valence-electron chi connectivity index (χ1n) is 8.83. The van der Waals surface area contributed by atoms with Gasteiger partial charge in [0.15, 0.2) is 0 Å². The number of anilines is 3. The van der Waals surface area contributed by atoms with Crippen molar-refractivity contribution < 1.29 is 4.39 Å². The molecular formula is C21H23FN4. The van der Waals surface area contributed by atoms with Gasteiger partial charge in [-0.05, 0) is 48.6 Å². The van der Waals surface area contributed by atoms with E-state index in [1.807, 2.05) is 12.1 Å². The van der Waals surface area contributed by atoms with E-state index in [4.69, 9.17) is 0 Å². The molecule has 2 N–H and O–H groups in total. The van der Waals surface area contributed by atoms with Crippen LogP contribution < -0.4 is 10.6 Å². The quantitative estimate of drug-likeness (QED) is 0.637. The first-order chi connectivity index (χ1) is 12.7. The van der Waals surface area contributed by atoms with Crippen LogP contribution in [0.25, 0.3) is 0 Å². The molecule has 0 saturated heterocycles. The van der Waals surface area contributed by atoms with Gasteiger partial charge in [0.25, 0.3) is 0 Å². The predicted octanol–water partition coefficient (Wildman–Crippen LogP) is 4.88. The Kier molecular flexibility index (Phi) is 5.79. The zero-order chi connectivity index (χ0) is 18.4. The Labute approximate surface area is 153 Å². The molecule has 0 fully saturated rings. The van der Waals surface area contributed by atoms with Gasteiger partial charge in [0, 0.05) is 18.4 Å². The Balaban J connectivity index is 1.66. The number of benzene rings is 2. The fraction of sp³-hybridized carbons (Fsp3) is 0.238. The molecule has 5 heteroatoms. The molecular weight excluding hydrogens is 327 g/mol. The highest BCUT2D eigenvalue weighted by atomic mass is 19.1. The largest absolute Gasteiger partial charge is 0.354 e. The smallest absolute Gasteiger partial charge is 0.224 e. The van der Waals surface area contributed by atoms with E-state index >= 15 is 0 Å². The summed E-state index contributed by atoms with van der Waals surface area (Å²) in [5.74, 6) is 1.08. The van der Waals surface area contributed by atoms with E-state index < -0.39 is 0 Å². The second kappa shape index (κ2) is 8.43. The number of halogens is 1. The van der Waals surface area contributed by atoms with Crippen molar-refractivity contribution in [1.82, 2.24) is 9.97 Å². The molecule has 0 aliphatic rings. The standard InChI is InChI=1S/C21H23FN4/c1-3-16-9-6-7-15(2)20(16)25-19-12-14-24-21(26-19)23-13-11-17-8-4-5-10-18(17)22/h4-10,12,14H,3,11,13H2,1-2H3,(H2,23,24,25,26). The van der Waals surface area contributed by atoms with E-state index in [0.717, 1.165) is 17.9 Å². The molecule has 0 bridgehead atoms. The lowest BCUT2D eigenvalue weighted by atomic mass is 10.1. The molecule has 0 amide bonds. The number of nitrogens with one attached hydrogen (secondary N) is 2. The molecule has 3 rings (SSSR count). The Hall–Kier alpha value is -2.95. The van der Waals surface area contributed by atoms with Gasteiger partial charge in [-0.2, -0.15) is 4.98 Å². The van der Waals surface area contributed by atoms with Gasteiger partial charge in [-0.25, -0.2) is 9.37 Å². The number of nitrogens with zero attached hydrogens (tertiary/aromatic N) is 2. The van der Waals surface area contributed by atoms with Gasteiger partial charge in [-0.15, -0.1) is 0 Å². The van der Waals surface area contributed by atoms with Crippen molar-refractivity contribution in [2.45, 2.75) is 26.7 Å². The number of para-hydroxylation sites is 1. The summed E-state index contributed by atoms with van der Waals surface area (Å²) in [7, 11) is 0. The van der Waals surface area contributed by atoms with Gasteiger partial charge in [0.1, 0.15) is 11.6 Å². The molecule has 4 nitrogen and oxygen atoms in total. The Morgan fingerprint density at radius 1 is 1.00 bits per heavy atom. The molecule has 0 unspecified atom stereocenters. The van der Waals surface area contributed by atoms with E-state index in [-0.39, 0.29) is 5.82 Å². The van der Waals surface area contributed by atoms with Crippen molar-refractivity contribution in [2.75, 3.05) is 17.2 Å². The maximum Gasteiger partial charge on any atom is 0.224 e. The van der Waals surface area contributed by atoms with E-state index in [1.54, 1.807) is 18.3 Å². The van der Waals surface area contributed by atoms with Crippen molar-refractivity contribution in [3.8, 4) is 0 Å². The molecule has 134 valence electrons. The summed E-state index contributed by atoms with van der Waals surface area (Å²) in [5, 5.41) is 6.56. The van der Waals surface area contributed by atoms with E-state index in [9.17, 15) is 4.39 Å². The van der Waals surface area contributed by atoms with E-state index in [1.165, 1.54) is 17.2 Å². The van der Waals surface area contributed by atoms with Crippen LogP contribution in [0.2, 0.25) is 0 Å². The van der Waals surface area contributed by atoms with Crippen LogP contribution in [-0.2, 0) is 12.8 Å². The van der Waals surface area contributed by atoms with Crippen molar-refractivity contribution >= 4 is 17.5 Å². The Morgan fingerprint density at radius 2 is 1.81 bits per heavy atom. The minimum Gasteiger partial charge on any atom is -0.354 e. The fourth-order valence-electron chi connectivity index (χ4n) is 2.85. The average molecular weight is 350 g/mol. The zero-order valence-corrected chi connectivity index (χ0v) is 15.1. The second-order valence-corrected chi connectivity index (χ2v) is 6.12. The number of hydrogen-bond donors (Lipinski definition) is 2. The molecule has 0 aliphatic carbocycles. The molecule has 0 saturated carbocycles. The van der Waals surface area contributed by atoms with Crippen molar-refractivity contribution in [3.63, 3.8) is 0 Å². The van der Waals surface area contributed by atoms with Crippen LogP contribution in [0, 0.1) is 12.7 Å². The molecule has 2 aromatic carbocycles. The summed E-state index contributed by atoms with van der Waals surface area (Å²) in [5.41, 5.74) is 4.20. The third kappa shape index (κ3) is 4.36. The van der Waals surface area contributed by atoms with Gasteiger partial charge >= 0.3 is 0 Å². The first-order valence-corrected chi connectivity index (χ1v) is 8.83. The van der Waals surface area contributed by atoms with Gasteiger partial charge in [-0.3, -0.25) is 0 Å². The molecule has 0 atom stereocenters. The summed E-state index contributed by atoms with van der Waals surface area (Å²) in [4.78, 5) is 8.75. The fourth-order valence-corrected chi connectivity index (χ4v) is 2.85. The molecule has 0 aliphatic heterocycles. The topological polar surface area (TPSA) is 49.8 Å². The van der Waals surface area contributed by atoms with Crippen LogP contribution in [0.5, 0.6) is 0 Å². The maximum absolute atomic E-state index is 13.7. The van der Waals surface area contributed by atoms with Crippen molar-refractivity contribution in [2.24, 2.45) is 0 Å². The number of aryl methyl sites for hydroxylation is 2. The highest BCUT2D eigenvalue weighted by Gasteiger charge is 2.07. The molecule has 3 aromatic rings. The normalized spacial score (nSPS) is 10.6. The lowest BCUT2D eigenvalue weighted by molar-refractivity contribution is 0.610.